The zero-order chi connectivity index (χ0) is 100. The third kappa shape index (κ3) is 15.2. The fourth-order valence-corrected chi connectivity index (χ4v) is 20.7. The van der Waals surface area contributed by atoms with E-state index in [0.717, 1.165) is 222 Å². The van der Waals surface area contributed by atoms with Gasteiger partial charge in [-0.25, -0.2) is 14.5 Å². The van der Waals surface area contributed by atoms with Crippen molar-refractivity contribution in [3.05, 3.63) is 391 Å². The van der Waals surface area contributed by atoms with Gasteiger partial charge in [-0.1, -0.05) is 54.6 Å². The number of hydrogen-bond acceptors (Lipinski definition) is 13. The molecule has 0 aliphatic rings. The van der Waals surface area contributed by atoms with Crippen molar-refractivity contribution in [3.63, 3.8) is 0 Å². The van der Waals surface area contributed by atoms with Crippen LogP contribution >= 0.6 is 0 Å². The van der Waals surface area contributed by atoms with Gasteiger partial charge in [-0.15, -0.1) is 0 Å². The summed E-state index contributed by atoms with van der Waals surface area (Å²) in [5.41, 5.74) is 23.8. The van der Waals surface area contributed by atoms with Crippen LogP contribution < -0.4 is 47.4 Å². The Bertz CT molecular complexity index is 9050. The van der Waals surface area contributed by atoms with Crippen LogP contribution in [0.15, 0.2) is 340 Å². The number of methoxy groups -OCH3 is 10. The predicted octanol–water partition coefficient (Wildman–Crippen LogP) is 30.0. The van der Waals surface area contributed by atoms with Crippen LogP contribution in [0.3, 0.4) is 0 Å². The highest BCUT2D eigenvalue weighted by Crippen LogP contribution is 2.49. The number of hydrogen-bond donors (Lipinski definition) is 0. The molecule has 0 N–H and O–H groups in total. The summed E-state index contributed by atoms with van der Waals surface area (Å²) in [5, 5.41) is 43.7. The van der Waals surface area contributed by atoms with E-state index >= 15 is 0 Å². The van der Waals surface area contributed by atoms with E-state index in [0.29, 0.717) is 67.1 Å². The molecule has 0 aliphatic heterocycles. The van der Waals surface area contributed by atoms with E-state index in [-0.39, 0.29) is 0 Å². The van der Waals surface area contributed by atoms with Crippen molar-refractivity contribution in [2.24, 2.45) is 0 Å². The van der Waals surface area contributed by atoms with Crippen molar-refractivity contribution in [1.82, 2.24) is 27.4 Å². The molecule has 0 saturated carbocycles. The van der Waals surface area contributed by atoms with Crippen molar-refractivity contribution in [3.8, 4) is 143 Å². The molecule has 0 aliphatic carbocycles. The Labute approximate surface area is 838 Å². The SMILES string of the molecule is [C-]#[N+]c1ccc(-n2c3cc(OC)ccc3c3ccc(OC)cc32)cc1-c1cc(-n2c3cc(OC)ccc3c3ccc(OC)cc32)ccc1C#N.[C-]#[N+]c1ccc(-n2c3ccc(OC)cc3c3cc(OC)ccc32)cc1-c1cc(-n2c3ccc(OC)cc3c3cc(OC)ccc32)ccc1C#N.[C-]#[N+]c1ccc(-n2c3ccccc3c3cc(OC)ccc32)cc1-c1cc(-n2c3ccccc3c3cc(OC)ccc32)ccc1C#N. The number of nitriles is 3. The quantitative estimate of drug-likeness (QED) is 0.0692. The van der Waals surface area contributed by atoms with Crippen LogP contribution in [0.5, 0.6) is 57.5 Å². The average Bonchev–Trinajstić information content (AvgIpc) is 1.56. The molecule has 22 heteroatoms. The summed E-state index contributed by atoms with van der Waals surface area (Å²) in [6, 6.07) is 119. The van der Waals surface area contributed by atoms with Gasteiger partial charge in [0.2, 0.25) is 0 Å². The largest absolute Gasteiger partial charge is 0.497 e. The van der Waals surface area contributed by atoms with Gasteiger partial charge < -0.3 is 74.8 Å². The summed E-state index contributed by atoms with van der Waals surface area (Å²) in [6.07, 6.45) is 0. The van der Waals surface area contributed by atoms with E-state index in [1.165, 1.54) is 0 Å². The monoisotopic (exact) mass is 1900 g/mol. The summed E-state index contributed by atoms with van der Waals surface area (Å²) < 4.78 is 68.9. The van der Waals surface area contributed by atoms with Crippen LogP contribution in [0.25, 0.3) is 213 Å². The topological polar surface area (TPSA) is 206 Å². The van der Waals surface area contributed by atoms with Crippen LogP contribution in [0.2, 0.25) is 0 Å². The van der Waals surface area contributed by atoms with Crippen LogP contribution in [-0.4, -0.2) is 98.5 Å². The fraction of sp³-hybridized carbons (Fsp3) is 0.0806. The van der Waals surface area contributed by atoms with Gasteiger partial charge in [0.25, 0.3) is 0 Å². The van der Waals surface area contributed by atoms with Gasteiger partial charge in [0.1, 0.15) is 57.5 Å². The number of benzene rings is 18. The minimum absolute atomic E-state index is 0.434. The van der Waals surface area contributed by atoms with Gasteiger partial charge in [-0.2, -0.15) is 15.8 Å². The lowest BCUT2D eigenvalue weighted by Crippen LogP contribution is -1.98. The molecule has 146 heavy (non-hydrogen) atoms. The zero-order valence-corrected chi connectivity index (χ0v) is 80.8. The van der Waals surface area contributed by atoms with Gasteiger partial charge in [0, 0.05) is 123 Å². The Morgan fingerprint density at radius 3 is 0.575 bits per heavy atom. The minimum Gasteiger partial charge on any atom is -0.497 e. The number of rotatable bonds is 19. The molecule has 22 nitrogen and oxygen atoms in total. The first-order chi connectivity index (χ1) is 71.6. The van der Waals surface area contributed by atoms with E-state index in [1.54, 1.807) is 71.1 Å². The molecule has 702 valence electrons. The number of nitrogens with zero attached hydrogens (tertiary/aromatic N) is 12. The zero-order valence-electron chi connectivity index (χ0n) is 80.8. The minimum atomic E-state index is 0.434. The van der Waals surface area contributed by atoms with Gasteiger partial charge in [0.05, 0.1) is 192 Å². The molecule has 0 bridgehead atoms. The van der Waals surface area contributed by atoms with Crippen LogP contribution in [0.4, 0.5) is 17.1 Å². The molecule has 0 atom stereocenters. The Morgan fingerprint density at radius 1 is 0.178 bits per heavy atom. The molecule has 6 aromatic heterocycles. The van der Waals surface area contributed by atoms with E-state index in [4.69, 9.17) is 67.1 Å². The number of para-hydroxylation sites is 2. The Morgan fingerprint density at radius 2 is 0.356 bits per heavy atom. The standard InChI is InChI=1S/2C42H30N4O4.C40H26N4O2/c1-44-38-17-8-27(46-41-22-30(49-4)11-15-34(41)35-16-12-31(50-5)23-42(35)46)19-37(38)36-18-26(7-6-25(36)24-43)45-39-20-28(47-2)9-13-32(39)33-14-10-29(48-3)21-40(33)45;1-44-38-13-8-27(46-41-16-11-30(49-4)22-36(41)37-23-31(50-5)12-17-42(37)46)19-33(38)32-18-26(7-6-25(32)24-43)45-39-14-9-28(47-2)20-34(39)35-21-29(48-3)10-15-40(35)45;1-42-36-17-14-27(44-38-11-7-5-9-31(38)35-23-29(46-3)16-19-40(35)44)21-33(36)32-20-26(13-12-25(32)24-41)43-37-10-6-4-8-30(37)34-22-28(45-2)15-18-39(34)43/h2*6-23H,2-5H3;4-23H,2-3H3. The summed E-state index contributed by atoms with van der Waals surface area (Å²) >= 11 is 0. The summed E-state index contributed by atoms with van der Waals surface area (Å²) in [6.45, 7) is 24.3. The summed E-state index contributed by atoms with van der Waals surface area (Å²) in [4.78, 5) is 11.7. The van der Waals surface area contributed by atoms with Crippen LogP contribution in [0.1, 0.15) is 16.7 Å². The Kier molecular flexibility index (Phi) is 23.3. The highest BCUT2D eigenvalue weighted by atomic mass is 16.5. The lowest BCUT2D eigenvalue weighted by Gasteiger charge is -2.15. The average molecular weight is 1900 g/mol. The van der Waals surface area contributed by atoms with E-state index in [1.807, 2.05) is 267 Å². The van der Waals surface area contributed by atoms with Crippen molar-refractivity contribution in [1.29, 1.82) is 15.8 Å². The fourth-order valence-electron chi connectivity index (χ4n) is 20.7. The smallest absolute Gasteiger partial charge is 0.195 e. The van der Waals surface area contributed by atoms with Crippen molar-refractivity contribution < 1.29 is 47.4 Å². The molecule has 18 aromatic carbocycles. The molecular formula is C124H86N12O10. The molecule has 24 aromatic rings. The third-order valence-electron chi connectivity index (χ3n) is 27.6. The van der Waals surface area contributed by atoms with Gasteiger partial charge in [-0.3, -0.25) is 0 Å². The molecule has 0 spiro atoms. The van der Waals surface area contributed by atoms with Crippen molar-refractivity contribution in [2.75, 3.05) is 71.1 Å². The lowest BCUT2D eigenvalue weighted by atomic mass is 9.97. The molecular weight excluding hydrogens is 1820 g/mol. The molecule has 0 fully saturated rings. The molecule has 24 rings (SSSR count). The van der Waals surface area contributed by atoms with Crippen molar-refractivity contribution in [2.45, 2.75) is 0 Å². The van der Waals surface area contributed by atoms with Gasteiger partial charge in [-0.05, 0) is 294 Å². The maximum absolute atomic E-state index is 10.4. The summed E-state index contributed by atoms with van der Waals surface area (Å²) in [5.74, 6) is 7.49. The first kappa shape index (κ1) is 90.8. The van der Waals surface area contributed by atoms with Crippen LogP contribution in [-0.2, 0) is 0 Å². The highest BCUT2D eigenvalue weighted by molar-refractivity contribution is 6.16. The van der Waals surface area contributed by atoms with E-state index in [2.05, 4.69) is 133 Å². The van der Waals surface area contributed by atoms with Crippen molar-refractivity contribution >= 4 is 148 Å². The predicted molar refractivity (Wildman–Crippen MR) is 580 cm³/mol. The third-order valence-corrected chi connectivity index (χ3v) is 27.6. The van der Waals surface area contributed by atoms with Crippen LogP contribution in [0, 0.1) is 53.7 Å². The normalized spacial score (nSPS) is 11.2. The van der Waals surface area contributed by atoms with Gasteiger partial charge in [0.15, 0.2) is 17.1 Å². The number of fused-ring (bicyclic) bond motifs is 18. The second-order valence-corrected chi connectivity index (χ2v) is 34.8. The summed E-state index contributed by atoms with van der Waals surface area (Å²) in [7, 11) is 16.6. The molecule has 0 saturated heterocycles. The second kappa shape index (κ2) is 37.5. The maximum Gasteiger partial charge on any atom is 0.195 e. The van der Waals surface area contributed by atoms with Gasteiger partial charge >= 0.3 is 0 Å². The first-order valence-electron chi connectivity index (χ1n) is 46.6. The Balaban J connectivity index is 0.000000125. The van der Waals surface area contributed by atoms with E-state index in [9.17, 15) is 15.8 Å². The molecule has 0 unspecified atom stereocenters. The first-order valence-corrected chi connectivity index (χ1v) is 46.6. The number of aromatic nitrogens is 6. The molecule has 6 heterocycles. The Hall–Kier alpha value is -20.3. The lowest BCUT2D eigenvalue weighted by molar-refractivity contribution is 0.415. The highest BCUT2D eigenvalue weighted by Gasteiger charge is 2.27. The van der Waals surface area contributed by atoms with E-state index < -0.39 is 0 Å². The molecule has 0 radical (unpaired) electrons. The molecule has 0 amide bonds. The number of ether oxygens (including phenoxy) is 10. The second-order valence-electron chi connectivity index (χ2n) is 34.8. The maximum atomic E-state index is 10.4.